The van der Waals surface area contributed by atoms with Gasteiger partial charge in [-0.25, -0.2) is 9.97 Å². The summed E-state index contributed by atoms with van der Waals surface area (Å²) in [6.07, 6.45) is 0. The monoisotopic (exact) mass is 454 g/mol. The van der Waals surface area contributed by atoms with Crippen molar-refractivity contribution in [1.29, 1.82) is 0 Å². The van der Waals surface area contributed by atoms with Crippen molar-refractivity contribution in [3.63, 3.8) is 0 Å². The number of nitrogens with one attached hydrogen (secondary N) is 1. The Balaban J connectivity index is 1.84. The number of anilines is 2. The summed E-state index contributed by atoms with van der Waals surface area (Å²) < 4.78 is 5.55. The maximum absolute atomic E-state index is 11.3. The summed E-state index contributed by atoms with van der Waals surface area (Å²) in [7, 11) is 0. The summed E-state index contributed by atoms with van der Waals surface area (Å²) in [4.78, 5) is 21.9. The number of ether oxygens (including phenoxy) is 1. The first-order valence-electron chi connectivity index (χ1n) is 9.59. The first-order valence-corrected chi connectivity index (χ1v) is 10.8. The first kappa shape index (κ1) is 21.0. The van der Waals surface area contributed by atoms with Crippen molar-refractivity contribution in [2.24, 2.45) is 0 Å². The average Bonchev–Trinajstić information content (AvgIpc) is 3.05. The molecule has 2 aromatic carbocycles. The number of benzene rings is 2. The minimum atomic E-state index is -0.506. The molecule has 0 aliphatic carbocycles. The van der Waals surface area contributed by atoms with E-state index < -0.39 is 4.92 Å². The summed E-state index contributed by atoms with van der Waals surface area (Å²) in [5.41, 5.74) is 2.40. The molecule has 9 heteroatoms. The van der Waals surface area contributed by atoms with Gasteiger partial charge < -0.3 is 10.1 Å². The third-order valence-corrected chi connectivity index (χ3v) is 6.02. The van der Waals surface area contributed by atoms with Crippen LogP contribution in [0.2, 0.25) is 5.02 Å². The normalized spacial score (nSPS) is 11.0. The Hall–Kier alpha value is -3.23. The predicted octanol–water partition coefficient (Wildman–Crippen LogP) is 6.68. The van der Waals surface area contributed by atoms with Crippen LogP contribution >= 0.6 is 22.9 Å². The average molecular weight is 455 g/mol. The van der Waals surface area contributed by atoms with Crippen LogP contribution in [-0.2, 0) is 0 Å². The quantitative estimate of drug-likeness (QED) is 0.258. The Morgan fingerprint density at radius 3 is 2.58 bits per heavy atom. The van der Waals surface area contributed by atoms with Gasteiger partial charge in [0, 0.05) is 22.2 Å². The summed E-state index contributed by atoms with van der Waals surface area (Å²) >= 11 is 7.54. The van der Waals surface area contributed by atoms with Crippen molar-refractivity contribution in [1.82, 2.24) is 9.97 Å². The van der Waals surface area contributed by atoms with Gasteiger partial charge in [-0.15, -0.1) is 11.3 Å². The number of halogens is 1. The summed E-state index contributed by atoms with van der Waals surface area (Å²) in [6, 6.07) is 12.5. The van der Waals surface area contributed by atoms with Gasteiger partial charge >= 0.3 is 0 Å². The Labute approximate surface area is 187 Å². The Morgan fingerprint density at radius 2 is 1.90 bits per heavy atom. The standard InChI is InChI=1S/C22H19ClN4O3S/c1-4-30-16-8-5-14(6-9-16)19-12(2)31-22-20(19)21(24-13(3)25-22)26-15-7-10-17(23)18(11-15)27(28)29/h5-11H,4H2,1-3H3,(H,24,25,26). The lowest BCUT2D eigenvalue weighted by Crippen LogP contribution is -1.99. The topological polar surface area (TPSA) is 90.2 Å². The van der Waals surface area contributed by atoms with Gasteiger partial charge in [-0.05, 0) is 50.6 Å². The molecule has 0 atom stereocenters. The fourth-order valence-corrected chi connectivity index (χ4v) is 4.68. The number of nitro groups is 1. The van der Waals surface area contributed by atoms with Crippen LogP contribution in [0.1, 0.15) is 17.6 Å². The molecule has 1 N–H and O–H groups in total. The predicted molar refractivity (Wildman–Crippen MR) is 125 cm³/mol. The van der Waals surface area contributed by atoms with Gasteiger partial charge in [0.25, 0.3) is 5.69 Å². The fraction of sp³-hybridized carbons (Fsp3) is 0.182. The number of thiophene rings is 1. The van der Waals surface area contributed by atoms with Gasteiger partial charge in [0.1, 0.15) is 27.2 Å². The molecule has 0 bridgehead atoms. The van der Waals surface area contributed by atoms with E-state index >= 15 is 0 Å². The lowest BCUT2D eigenvalue weighted by atomic mass is 10.0. The highest BCUT2D eigenvalue weighted by Gasteiger charge is 2.19. The number of hydrogen-bond donors (Lipinski definition) is 1. The number of aromatic nitrogens is 2. The van der Waals surface area contributed by atoms with E-state index in [2.05, 4.69) is 15.3 Å². The number of rotatable bonds is 6. The van der Waals surface area contributed by atoms with Crippen molar-refractivity contribution in [3.05, 3.63) is 68.3 Å². The highest BCUT2D eigenvalue weighted by atomic mass is 35.5. The van der Waals surface area contributed by atoms with Crippen molar-refractivity contribution in [2.45, 2.75) is 20.8 Å². The summed E-state index contributed by atoms with van der Waals surface area (Å²) in [6.45, 7) is 6.42. The van der Waals surface area contributed by atoms with Crippen LogP contribution in [0, 0.1) is 24.0 Å². The smallest absolute Gasteiger partial charge is 0.289 e. The second-order valence-corrected chi connectivity index (χ2v) is 8.45. The molecule has 0 aliphatic rings. The van der Waals surface area contributed by atoms with Crippen molar-refractivity contribution in [2.75, 3.05) is 11.9 Å². The van der Waals surface area contributed by atoms with E-state index in [1.54, 1.807) is 17.4 Å². The summed E-state index contributed by atoms with van der Waals surface area (Å²) in [5, 5.41) is 15.5. The zero-order valence-electron chi connectivity index (χ0n) is 17.1. The molecular formula is C22H19ClN4O3S. The third kappa shape index (κ3) is 4.17. The van der Waals surface area contributed by atoms with Gasteiger partial charge in [0.2, 0.25) is 0 Å². The Kier molecular flexibility index (Phi) is 5.75. The van der Waals surface area contributed by atoms with E-state index in [4.69, 9.17) is 16.3 Å². The van der Waals surface area contributed by atoms with Crippen LogP contribution in [-0.4, -0.2) is 21.5 Å². The maximum atomic E-state index is 11.3. The lowest BCUT2D eigenvalue weighted by molar-refractivity contribution is -0.384. The maximum Gasteiger partial charge on any atom is 0.289 e. The van der Waals surface area contributed by atoms with E-state index in [9.17, 15) is 10.1 Å². The molecule has 2 aromatic heterocycles. The Morgan fingerprint density at radius 1 is 1.16 bits per heavy atom. The number of hydrogen-bond acceptors (Lipinski definition) is 7. The van der Waals surface area contributed by atoms with Crippen LogP contribution in [0.15, 0.2) is 42.5 Å². The van der Waals surface area contributed by atoms with Crippen molar-refractivity contribution in [3.8, 4) is 16.9 Å². The molecule has 158 valence electrons. The second-order valence-electron chi connectivity index (χ2n) is 6.84. The SMILES string of the molecule is CCOc1ccc(-c2c(C)sc3nc(C)nc(Nc4ccc(Cl)c([N+](=O)[O-])c4)c23)cc1. The fourth-order valence-electron chi connectivity index (χ4n) is 3.41. The van der Waals surface area contributed by atoms with Gasteiger partial charge in [-0.1, -0.05) is 23.7 Å². The molecule has 4 rings (SSSR count). The molecular weight excluding hydrogens is 436 g/mol. The molecule has 0 unspecified atom stereocenters. The molecule has 2 heterocycles. The molecule has 0 aliphatic heterocycles. The van der Waals surface area contributed by atoms with Crippen LogP contribution in [0.3, 0.4) is 0 Å². The van der Waals surface area contributed by atoms with Crippen LogP contribution < -0.4 is 10.1 Å². The zero-order chi connectivity index (χ0) is 22.1. The number of nitrogens with zero attached hydrogens (tertiary/aromatic N) is 3. The van der Waals surface area contributed by atoms with Crippen molar-refractivity contribution < 1.29 is 9.66 Å². The third-order valence-electron chi connectivity index (χ3n) is 4.70. The molecule has 0 amide bonds. The van der Waals surface area contributed by atoms with E-state index in [0.29, 0.717) is 23.9 Å². The highest BCUT2D eigenvalue weighted by Crippen LogP contribution is 2.42. The molecule has 0 spiro atoms. The second kappa shape index (κ2) is 8.49. The molecule has 7 nitrogen and oxygen atoms in total. The molecule has 0 saturated heterocycles. The zero-order valence-corrected chi connectivity index (χ0v) is 18.7. The number of nitro benzene ring substituents is 1. The largest absolute Gasteiger partial charge is 0.494 e. The van der Waals surface area contributed by atoms with E-state index in [0.717, 1.165) is 32.0 Å². The first-order chi connectivity index (χ1) is 14.9. The van der Waals surface area contributed by atoms with E-state index in [-0.39, 0.29) is 10.7 Å². The van der Waals surface area contributed by atoms with E-state index in [1.807, 2.05) is 45.0 Å². The van der Waals surface area contributed by atoms with Gasteiger partial charge in [-0.3, -0.25) is 10.1 Å². The highest BCUT2D eigenvalue weighted by molar-refractivity contribution is 7.19. The van der Waals surface area contributed by atoms with Gasteiger partial charge in [-0.2, -0.15) is 0 Å². The Bertz CT molecular complexity index is 1290. The lowest BCUT2D eigenvalue weighted by Gasteiger charge is -2.11. The molecule has 0 radical (unpaired) electrons. The molecule has 0 fully saturated rings. The van der Waals surface area contributed by atoms with Crippen molar-refractivity contribution >= 4 is 50.3 Å². The minimum Gasteiger partial charge on any atom is -0.494 e. The van der Waals surface area contributed by atoms with E-state index in [1.165, 1.54) is 12.1 Å². The summed E-state index contributed by atoms with van der Waals surface area (Å²) in [5.74, 6) is 2.01. The number of aryl methyl sites for hydroxylation is 2. The minimum absolute atomic E-state index is 0.0843. The molecule has 31 heavy (non-hydrogen) atoms. The van der Waals surface area contributed by atoms with Crippen LogP contribution in [0.25, 0.3) is 21.3 Å². The molecule has 4 aromatic rings. The van der Waals surface area contributed by atoms with Gasteiger partial charge in [0.15, 0.2) is 0 Å². The van der Waals surface area contributed by atoms with Gasteiger partial charge in [0.05, 0.1) is 16.9 Å². The molecule has 0 saturated carbocycles. The van der Waals surface area contributed by atoms with Crippen LogP contribution in [0.4, 0.5) is 17.2 Å². The van der Waals surface area contributed by atoms with Crippen LogP contribution in [0.5, 0.6) is 5.75 Å². The number of fused-ring (bicyclic) bond motifs is 1.